The van der Waals surface area contributed by atoms with Crippen molar-refractivity contribution in [3.8, 4) is 0 Å². The van der Waals surface area contributed by atoms with E-state index < -0.39 is 5.79 Å². The molecule has 0 N–H and O–H groups in total. The molecule has 2 saturated heterocycles. The number of hydrogen-bond donors (Lipinski definition) is 0. The molecule has 0 saturated carbocycles. The predicted molar refractivity (Wildman–Crippen MR) is 81.4 cm³/mol. The Kier molecular flexibility index (Phi) is 5.69. The van der Waals surface area contributed by atoms with E-state index in [1.165, 1.54) is 12.8 Å². The highest BCUT2D eigenvalue weighted by Crippen LogP contribution is 2.37. The number of fused-ring (bicyclic) bond motifs is 1. The first-order valence-electron chi connectivity index (χ1n) is 8.52. The Labute approximate surface area is 129 Å². The molecule has 2 rings (SSSR count). The van der Waals surface area contributed by atoms with E-state index in [-0.39, 0.29) is 18.5 Å². The number of ether oxygens (including phenoxy) is 2. The van der Waals surface area contributed by atoms with E-state index >= 15 is 0 Å². The molecule has 4 nitrogen and oxygen atoms in total. The van der Waals surface area contributed by atoms with E-state index in [1.807, 2.05) is 13.8 Å². The van der Waals surface area contributed by atoms with Crippen molar-refractivity contribution in [1.29, 1.82) is 0 Å². The van der Waals surface area contributed by atoms with Crippen LogP contribution in [0, 0.1) is 17.8 Å². The predicted octanol–water partition coefficient (Wildman–Crippen LogP) is 4.28. The van der Waals surface area contributed by atoms with Gasteiger partial charge in [0.15, 0.2) is 6.29 Å². The normalized spacial score (nSPS) is 49.4. The summed E-state index contributed by atoms with van der Waals surface area (Å²) in [4.78, 5) is 11.3. The summed E-state index contributed by atoms with van der Waals surface area (Å²) in [5, 5.41) is 0. The fraction of sp³-hybridized carbons (Fsp3) is 1.00. The van der Waals surface area contributed by atoms with Crippen LogP contribution in [0.15, 0.2) is 0 Å². The van der Waals surface area contributed by atoms with Crippen LogP contribution in [-0.4, -0.2) is 24.3 Å². The largest absolute Gasteiger partial charge is 0.347 e. The first-order valence-corrected chi connectivity index (χ1v) is 8.52. The molecule has 7 atom stereocenters. The lowest BCUT2D eigenvalue weighted by molar-refractivity contribution is -0.530. The van der Waals surface area contributed by atoms with Crippen LogP contribution in [-0.2, 0) is 19.2 Å². The molecule has 2 aliphatic heterocycles. The van der Waals surface area contributed by atoms with Crippen LogP contribution >= 0.6 is 0 Å². The molecule has 0 aromatic heterocycles. The van der Waals surface area contributed by atoms with Gasteiger partial charge in [-0.05, 0) is 38.0 Å². The molecular formula is C17H32O4. The molecule has 0 aliphatic carbocycles. The Hall–Kier alpha value is -0.160. The van der Waals surface area contributed by atoms with Crippen molar-refractivity contribution in [3.63, 3.8) is 0 Å². The Morgan fingerprint density at radius 2 is 1.81 bits per heavy atom. The van der Waals surface area contributed by atoms with Crippen molar-refractivity contribution < 1.29 is 19.2 Å². The average molecular weight is 300 g/mol. The molecule has 0 amide bonds. The van der Waals surface area contributed by atoms with Crippen molar-refractivity contribution in [2.45, 2.75) is 91.5 Å². The summed E-state index contributed by atoms with van der Waals surface area (Å²) in [6, 6.07) is 0. The summed E-state index contributed by atoms with van der Waals surface area (Å²) in [6.45, 7) is 12.9. The molecule has 2 fully saturated rings. The summed E-state index contributed by atoms with van der Waals surface area (Å²) >= 11 is 0. The Morgan fingerprint density at radius 1 is 1.10 bits per heavy atom. The third kappa shape index (κ3) is 4.19. The lowest BCUT2D eigenvalue weighted by Gasteiger charge is -2.45. The van der Waals surface area contributed by atoms with E-state index in [0.717, 1.165) is 12.8 Å². The maximum atomic E-state index is 6.19. The van der Waals surface area contributed by atoms with Gasteiger partial charge in [-0.1, -0.05) is 40.5 Å². The average Bonchev–Trinajstić information content (AvgIpc) is 2.43. The van der Waals surface area contributed by atoms with Crippen LogP contribution in [0.1, 0.15) is 67.2 Å². The topological polar surface area (TPSA) is 36.9 Å². The standard InChI is InChI=1S/C17H32O4/c1-7-17(6)19-16-15(20-21-17)14(5)12(3)9-8-11(2)10-13(4)18-16/h11-16H,7-10H2,1-6H3/t11-,12+,13?,14-,15-,16+,17+/m0/s1. The van der Waals surface area contributed by atoms with Crippen LogP contribution in [0.5, 0.6) is 0 Å². The van der Waals surface area contributed by atoms with Gasteiger partial charge in [0, 0.05) is 6.42 Å². The van der Waals surface area contributed by atoms with Crippen molar-refractivity contribution in [3.05, 3.63) is 0 Å². The fourth-order valence-corrected chi connectivity index (χ4v) is 3.22. The highest BCUT2D eigenvalue weighted by atomic mass is 17.2. The molecule has 2 heterocycles. The highest BCUT2D eigenvalue weighted by Gasteiger charge is 2.45. The zero-order valence-electron chi connectivity index (χ0n) is 14.4. The molecule has 0 aromatic rings. The van der Waals surface area contributed by atoms with Crippen LogP contribution in [0.2, 0.25) is 0 Å². The first-order chi connectivity index (χ1) is 9.84. The molecule has 0 spiro atoms. The second-order valence-corrected chi connectivity index (χ2v) is 7.32. The van der Waals surface area contributed by atoms with Gasteiger partial charge in [-0.25, -0.2) is 9.78 Å². The van der Waals surface area contributed by atoms with E-state index in [9.17, 15) is 0 Å². The fourth-order valence-electron chi connectivity index (χ4n) is 3.22. The Balaban J connectivity index is 2.16. The summed E-state index contributed by atoms with van der Waals surface area (Å²) in [6.07, 6.45) is 3.93. The van der Waals surface area contributed by atoms with Crippen LogP contribution in [0.25, 0.3) is 0 Å². The molecule has 21 heavy (non-hydrogen) atoms. The first kappa shape index (κ1) is 17.2. The second kappa shape index (κ2) is 6.95. The third-order valence-corrected chi connectivity index (χ3v) is 5.24. The van der Waals surface area contributed by atoms with Gasteiger partial charge in [-0.15, -0.1) is 0 Å². The Morgan fingerprint density at radius 3 is 2.48 bits per heavy atom. The molecular weight excluding hydrogens is 268 g/mol. The molecule has 2 aliphatic rings. The maximum absolute atomic E-state index is 6.19. The molecule has 0 bridgehead atoms. The van der Waals surface area contributed by atoms with Gasteiger partial charge in [0.05, 0.1) is 6.10 Å². The van der Waals surface area contributed by atoms with Crippen LogP contribution in [0.3, 0.4) is 0 Å². The van der Waals surface area contributed by atoms with E-state index in [4.69, 9.17) is 19.2 Å². The van der Waals surface area contributed by atoms with Gasteiger partial charge in [0.25, 0.3) is 0 Å². The van der Waals surface area contributed by atoms with Gasteiger partial charge in [-0.2, -0.15) is 0 Å². The van der Waals surface area contributed by atoms with Crippen molar-refractivity contribution in [2.75, 3.05) is 0 Å². The van der Waals surface area contributed by atoms with Crippen molar-refractivity contribution in [1.82, 2.24) is 0 Å². The van der Waals surface area contributed by atoms with Crippen LogP contribution in [0.4, 0.5) is 0 Å². The smallest absolute Gasteiger partial charge is 0.201 e. The molecule has 1 unspecified atom stereocenters. The molecule has 0 radical (unpaired) electrons. The van der Waals surface area contributed by atoms with E-state index in [1.54, 1.807) is 0 Å². The zero-order chi connectivity index (χ0) is 15.6. The summed E-state index contributed by atoms with van der Waals surface area (Å²) < 4.78 is 12.3. The number of hydrogen-bond acceptors (Lipinski definition) is 4. The quantitative estimate of drug-likeness (QED) is 0.677. The highest BCUT2D eigenvalue weighted by molar-refractivity contribution is 4.80. The summed E-state index contributed by atoms with van der Waals surface area (Å²) in [5.41, 5.74) is 0. The lowest BCUT2D eigenvalue weighted by Crippen LogP contribution is -2.54. The van der Waals surface area contributed by atoms with Gasteiger partial charge >= 0.3 is 0 Å². The van der Waals surface area contributed by atoms with Gasteiger partial charge in [0.1, 0.15) is 6.10 Å². The Bertz CT molecular complexity index is 335. The van der Waals surface area contributed by atoms with E-state index in [0.29, 0.717) is 17.8 Å². The van der Waals surface area contributed by atoms with Gasteiger partial charge in [-0.3, -0.25) is 0 Å². The summed E-state index contributed by atoms with van der Waals surface area (Å²) in [5.74, 6) is 0.883. The number of rotatable bonds is 1. The SMILES string of the molecule is CC[C@@]1(C)OO[C@@H]2[C@H](OC(C)C[C@@H](C)CC[C@@H](C)[C@@H]2C)O1. The zero-order valence-corrected chi connectivity index (χ0v) is 14.4. The minimum absolute atomic E-state index is 0.157. The van der Waals surface area contributed by atoms with E-state index in [2.05, 4.69) is 27.7 Å². The minimum Gasteiger partial charge on any atom is -0.347 e. The van der Waals surface area contributed by atoms with Gasteiger partial charge in [0.2, 0.25) is 5.79 Å². The van der Waals surface area contributed by atoms with Crippen LogP contribution < -0.4 is 0 Å². The lowest BCUT2D eigenvalue weighted by atomic mass is 9.83. The molecule has 0 aromatic carbocycles. The van der Waals surface area contributed by atoms with Crippen molar-refractivity contribution >= 4 is 0 Å². The third-order valence-electron chi connectivity index (χ3n) is 5.24. The second-order valence-electron chi connectivity index (χ2n) is 7.32. The maximum Gasteiger partial charge on any atom is 0.201 e. The minimum atomic E-state index is -0.709. The molecule has 124 valence electrons. The van der Waals surface area contributed by atoms with Gasteiger partial charge < -0.3 is 9.47 Å². The monoisotopic (exact) mass is 300 g/mol. The van der Waals surface area contributed by atoms with Crippen molar-refractivity contribution in [2.24, 2.45) is 17.8 Å². The molecule has 4 heteroatoms. The summed E-state index contributed by atoms with van der Waals surface area (Å²) in [7, 11) is 0.